The Balaban J connectivity index is 2.52. The first kappa shape index (κ1) is 21.7. The van der Waals surface area contributed by atoms with Gasteiger partial charge in [0, 0.05) is 12.6 Å². The number of ether oxygens (including phenoxy) is 1. The summed E-state index contributed by atoms with van der Waals surface area (Å²) in [4.78, 5) is 25.3. The van der Waals surface area contributed by atoms with E-state index in [0.717, 1.165) is 11.1 Å². The van der Waals surface area contributed by atoms with Crippen LogP contribution in [0.3, 0.4) is 0 Å². The lowest BCUT2D eigenvalue weighted by Gasteiger charge is -2.28. The molecule has 1 aromatic heterocycles. The zero-order valence-corrected chi connectivity index (χ0v) is 18.0. The molecule has 1 atom stereocenters. The maximum atomic E-state index is 14.7. The van der Waals surface area contributed by atoms with Crippen molar-refractivity contribution in [2.24, 2.45) is 7.05 Å². The third-order valence-corrected chi connectivity index (χ3v) is 5.16. The number of rotatable bonds is 4. The summed E-state index contributed by atoms with van der Waals surface area (Å²) in [5.41, 5.74) is 2.05. The van der Waals surface area contributed by atoms with Crippen LogP contribution < -0.4 is 5.56 Å². The van der Waals surface area contributed by atoms with Crippen LogP contribution in [0.4, 0.5) is 4.39 Å². The number of carboxylic acids is 1. The largest absolute Gasteiger partial charge is 0.479 e. The molecule has 0 aliphatic heterocycles. The summed E-state index contributed by atoms with van der Waals surface area (Å²) in [5, 5.41) is 10.3. The van der Waals surface area contributed by atoms with Crippen LogP contribution in [0.15, 0.2) is 41.2 Å². The van der Waals surface area contributed by atoms with Crippen LogP contribution in [0.5, 0.6) is 0 Å². The Morgan fingerprint density at radius 1 is 1.13 bits per heavy atom. The van der Waals surface area contributed by atoms with Crippen LogP contribution >= 0.6 is 0 Å². The number of hydrogen-bond donors (Lipinski definition) is 1. The monoisotopic (exact) mass is 411 g/mol. The molecule has 5 nitrogen and oxygen atoms in total. The van der Waals surface area contributed by atoms with Crippen molar-refractivity contribution >= 4 is 16.7 Å². The lowest BCUT2D eigenvalue weighted by atomic mass is 9.92. The van der Waals surface area contributed by atoms with Gasteiger partial charge in [-0.1, -0.05) is 30.3 Å². The van der Waals surface area contributed by atoms with Gasteiger partial charge in [-0.25, -0.2) is 9.18 Å². The summed E-state index contributed by atoms with van der Waals surface area (Å²) >= 11 is 0. The van der Waals surface area contributed by atoms with Crippen LogP contribution in [-0.4, -0.2) is 21.2 Å². The molecule has 0 saturated heterocycles. The minimum absolute atomic E-state index is 0.0723. The number of aromatic nitrogens is 1. The molecule has 0 aliphatic carbocycles. The normalized spacial score (nSPS) is 12.9. The van der Waals surface area contributed by atoms with E-state index in [1.165, 1.54) is 23.7 Å². The van der Waals surface area contributed by atoms with Crippen LogP contribution in [0.25, 0.3) is 21.9 Å². The zero-order chi connectivity index (χ0) is 22.4. The van der Waals surface area contributed by atoms with Gasteiger partial charge in [0.15, 0.2) is 6.10 Å². The van der Waals surface area contributed by atoms with E-state index in [1.54, 1.807) is 26.8 Å². The number of fused-ring (bicyclic) bond motifs is 1. The fourth-order valence-corrected chi connectivity index (χ4v) is 3.62. The summed E-state index contributed by atoms with van der Waals surface area (Å²) in [7, 11) is 1.45. The highest BCUT2D eigenvalue weighted by molar-refractivity contribution is 5.99. The molecule has 2 aromatic carbocycles. The Hall–Kier alpha value is -2.99. The van der Waals surface area contributed by atoms with Gasteiger partial charge in [0.2, 0.25) is 0 Å². The molecule has 0 amide bonds. The lowest BCUT2D eigenvalue weighted by molar-refractivity contribution is -0.161. The highest BCUT2D eigenvalue weighted by atomic mass is 19.1. The molecule has 1 N–H and O–H groups in total. The van der Waals surface area contributed by atoms with Gasteiger partial charge in [0.25, 0.3) is 5.56 Å². The van der Waals surface area contributed by atoms with Gasteiger partial charge in [0.1, 0.15) is 5.82 Å². The summed E-state index contributed by atoms with van der Waals surface area (Å²) in [6, 6.07) is 10.1. The molecule has 0 fully saturated rings. The van der Waals surface area contributed by atoms with Gasteiger partial charge >= 0.3 is 5.97 Å². The molecule has 0 spiro atoms. The van der Waals surface area contributed by atoms with E-state index in [9.17, 15) is 19.1 Å². The van der Waals surface area contributed by atoms with E-state index in [2.05, 4.69) is 0 Å². The molecule has 1 unspecified atom stereocenters. The predicted octanol–water partition coefficient (Wildman–Crippen LogP) is 4.90. The van der Waals surface area contributed by atoms with Crippen LogP contribution in [0.2, 0.25) is 0 Å². The van der Waals surface area contributed by atoms with Gasteiger partial charge in [-0.05, 0) is 62.8 Å². The minimum Gasteiger partial charge on any atom is -0.479 e. The first-order valence-electron chi connectivity index (χ1n) is 9.71. The second-order valence-corrected chi connectivity index (χ2v) is 8.53. The van der Waals surface area contributed by atoms with Gasteiger partial charge in [-0.15, -0.1) is 0 Å². The number of benzene rings is 2. The SMILES string of the molecule is Cc1ccc(-c2c(C(OC(C)(C)C)C(=O)O)n(C)c(=O)c3c(F)cccc23)cc1C. The van der Waals surface area contributed by atoms with E-state index in [1.807, 2.05) is 32.0 Å². The molecular weight excluding hydrogens is 385 g/mol. The molecule has 0 saturated carbocycles. The molecule has 0 bridgehead atoms. The number of halogens is 1. The van der Waals surface area contributed by atoms with Crippen molar-refractivity contribution in [2.45, 2.75) is 46.3 Å². The molecular formula is C24H26FNO4. The van der Waals surface area contributed by atoms with E-state index >= 15 is 0 Å². The van der Waals surface area contributed by atoms with Crippen molar-refractivity contribution in [3.8, 4) is 11.1 Å². The number of carbonyl (C=O) groups is 1. The summed E-state index contributed by atoms with van der Waals surface area (Å²) in [5.74, 6) is -1.87. The topological polar surface area (TPSA) is 68.5 Å². The first-order chi connectivity index (χ1) is 13.9. The molecule has 158 valence electrons. The second-order valence-electron chi connectivity index (χ2n) is 8.53. The quantitative estimate of drug-likeness (QED) is 0.663. The fourth-order valence-electron chi connectivity index (χ4n) is 3.62. The number of nitrogens with zero attached hydrogens (tertiary/aromatic N) is 1. The van der Waals surface area contributed by atoms with Gasteiger partial charge in [0.05, 0.1) is 16.7 Å². The van der Waals surface area contributed by atoms with Crippen molar-refractivity contribution in [1.29, 1.82) is 0 Å². The van der Waals surface area contributed by atoms with Crippen LogP contribution in [0.1, 0.15) is 43.7 Å². The predicted molar refractivity (Wildman–Crippen MR) is 115 cm³/mol. The molecule has 0 radical (unpaired) electrons. The minimum atomic E-state index is -1.41. The Morgan fingerprint density at radius 2 is 1.80 bits per heavy atom. The van der Waals surface area contributed by atoms with E-state index in [-0.39, 0.29) is 11.1 Å². The number of aliphatic carboxylic acids is 1. The van der Waals surface area contributed by atoms with Crippen LogP contribution in [0, 0.1) is 19.7 Å². The highest BCUT2D eigenvalue weighted by Crippen LogP contribution is 2.37. The van der Waals surface area contributed by atoms with Crippen LogP contribution in [-0.2, 0) is 16.6 Å². The summed E-state index contributed by atoms with van der Waals surface area (Å²) in [6.07, 6.45) is -1.41. The van der Waals surface area contributed by atoms with Crippen molar-refractivity contribution in [3.63, 3.8) is 0 Å². The lowest BCUT2D eigenvalue weighted by Crippen LogP contribution is -2.33. The Labute approximate surface area is 174 Å². The van der Waals surface area contributed by atoms with E-state index < -0.39 is 29.1 Å². The second kappa shape index (κ2) is 7.69. The van der Waals surface area contributed by atoms with Gasteiger partial charge in [-0.3, -0.25) is 4.79 Å². The Morgan fingerprint density at radius 3 is 2.37 bits per heavy atom. The molecule has 30 heavy (non-hydrogen) atoms. The van der Waals surface area contributed by atoms with Gasteiger partial charge in [-0.2, -0.15) is 0 Å². The number of aryl methyl sites for hydroxylation is 2. The number of pyridine rings is 1. The van der Waals surface area contributed by atoms with Crippen molar-refractivity contribution in [1.82, 2.24) is 4.57 Å². The average molecular weight is 411 g/mol. The fraction of sp³-hybridized carbons (Fsp3) is 0.333. The Bertz CT molecular complexity index is 1200. The zero-order valence-electron chi connectivity index (χ0n) is 18.0. The Kier molecular flexibility index (Phi) is 5.56. The van der Waals surface area contributed by atoms with Crippen molar-refractivity contribution in [2.75, 3.05) is 0 Å². The third kappa shape index (κ3) is 3.87. The standard InChI is InChI=1S/C24H26FNO4/c1-13-10-11-15(12-14(13)2)18-16-8-7-9-17(25)19(16)22(27)26(6)20(18)21(23(28)29)30-24(3,4)5/h7-12,21H,1-6H3,(H,28,29). The molecule has 1 heterocycles. The number of hydrogen-bond acceptors (Lipinski definition) is 3. The van der Waals surface area contributed by atoms with Crippen molar-refractivity contribution < 1.29 is 19.0 Å². The average Bonchev–Trinajstić information content (AvgIpc) is 2.64. The molecule has 6 heteroatoms. The van der Waals surface area contributed by atoms with E-state index in [0.29, 0.717) is 16.5 Å². The first-order valence-corrected chi connectivity index (χ1v) is 9.71. The summed E-state index contributed by atoms with van der Waals surface area (Å²) in [6.45, 7) is 9.16. The maximum Gasteiger partial charge on any atom is 0.339 e. The smallest absolute Gasteiger partial charge is 0.339 e. The highest BCUT2D eigenvalue weighted by Gasteiger charge is 2.33. The number of carboxylic acid groups (broad SMARTS) is 1. The molecule has 3 aromatic rings. The molecule has 3 rings (SSSR count). The van der Waals surface area contributed by atoms with Gasteiger partial charge < -0.3 is 14.4 Å². The van der Waals surface area contributed by atoms with E-state index in [4.69, 9.17) is 4.74 Å². The maximum absolute atomic E-state index is 14.7. The van der Waals surface area contributed by atoms with Crippen molar-refractivity contribution in [3.05, 3.63) is 69.4 Å². The summed E-state index contributed by atoms with van der Waals surface area (Å²) < 4.78 is 21.7. The molecule has 0 aliphatic rings. The third-order valence-electron chi connectivity index (χ3n) is 5.16.